The molecule has 2 aliphatic rings. The summed E-state index contributed by atoms with van der Waals surface area (Å²) in [6, 6.07) is 7.95. The zero-order chi connectivity index (χ0) is 19.1. The number of hydrogen-bond donors (Lipinski definition) is 0. The van der Waals surface area contributed by atoms with Crippen molar-refractivity contribution in [3.05, 3.63) is 57.8 Å². The number of esters is 1. The average Bonchev–Trinajstić information content (AvgIpc) is 3.25. The number of ether oxygens (including phenoxy) is 1. The number of amides is 2. The lowest BCUT2D eigenvalue weighted by molar-refractivity contribution is -0.122. The van der Waals surface area contributed by atoms with Gasteiger partial charge in [0, 0.05) is 5.02 Å². The molecule has 1 aliphatic carbocycles. The van der Waals surface area contributed by atoms with Gasteiger partial charge in [-0.15, -0.1) is 11.3 Å². The molecular formula is C20H16ClNO4S. The molecule has 27 heavy (non-hydrogen) atoms. The van der Waals surface area contributed by atoms with E-state index in [4.69, 9.17) is 16.3 Å². The van der Waals surface area contributed by atoms with Gasteiger partial charge in [0.25, 0.3) is 0 Å². The topological polar surface area (TPSA) is 63.7 Å². The molecule has 2 aromatic rings. The Bertz CT molecular complexity index is 953. The van der Waals surface area contributed by atoms with Crippen molar-refractivity contribution in [1.82, 2.24) is 0 Å². The first-order valence-electron chi connectivity index (χ1n) is 8.57. The van der Waals surface area contributed by atoms with E-state index in [9.17, 15) is 14.4 Å². The number of halogens is 1. The molecule has 0 bridgehead atoms. The fourth-order valence-corrected chi connectivity index (χ4v) is 4.45. The van der Waals surface area contributed by atoms with Crippen LogP contribution in [0.25, 0.3) is 0 Å². The monoisotopic (exact) mass is 401 g/mol. The summed E-state index contributed by atoms with van der Waals surface area (Å²) in [4.78, 5) is 39.9. The number of anilines is 1. The van der Waals surface area contributed by atoms with Gasteiger partial charge in [-0.2, -0.15) is 0 Å². The minimum absolute atomic E-state index is 0.0264. The van der Waals surface area contributed by atoms with E-state index in [1.54, 1.807) is 23.6 Å². The van der Waals surface area contributed by atoms with Gasteiger partial charge in [0.15, 0.2) is 5.75 Å². The Kier molecular flexibility index (Phi) is 4.61. The third kappa shape index (κ3) is 3.09. The first kappa shape index (κ1) is 17.9. The summed E-state index contributed by atoms with van der Waals surface area (Å²) in [5.74, 6) is -1.78. The molecule has 4 rings (SSSR count). The number of carbonyl (C=O) groups excluding carboxylic acids is 3. The van der Waals surface area contributed by atoms with Gasteiger partial charge in [-0.3, -0.25) is 9.59 Å². The van der Waals surface area contributed by atoms with E-state index in [1.807, 2.05) is 19.1 Å². The second kappa shape index (κ2) is 6.94. The van der Waals surface area contributed by atoms with Crippen LogP contribution >= 0.6 is 22.9 Å². The predicted octanol–water partition coefficient (Wildman–Crippen LogP) is 4.32. The molecule has 138 valence electrons. The quantitative estimate of drug-likeness (QED) is 0.332. The van der Waals surface area contributed by atoms with Gasteiger partial charge in [0.05, 0.1) is 17.5 Å². The van der Waals surface area contributed by atoms with Crippen molar-refractivity contribution >= 4 is 46.4 Å². The van der Waals surface area contributed by atoms with Crippen LogP contribution in [0.5, 0.6) is 5.75 Å². The van der Waals surface area contributed by atoms with Crippen LogP contribution in [0.15, 0.2) is 47.9 Å². The standard InChI is InChI=1S/C20H16ClNO4S/c1-11-4-2-5-13-17(11)19(24)22(18(13)23)14-10-12(21)7-8-15(14)26-20(25)16-6-3-9-27-16/h2-4,6-11,13,17H,5H2,1H3/t11-,13-,17+/m1/s1. The van der Waals surface area contributed by atoms with Gasteiger partial charge < -0.3 is 4.74 Å². The van der Waals surface area contributed by atoms with Crippen LogP contribution < -0.4 is 9.64 Å². The van der Waals surface area contributed by atoms with E-state index in [1.165, 1.54) is 23.5 Å². The third-order valence-corrected chi connectivity index (χ3v) is 6.04. The Balaban J connectivity index is 1.71. The fourth-order valence-electron chi connectivity index (χ4n) is 3.68. The van der Waals surface area contributed by atoms with Crippen LogP contribution in [0.2, 0.25) is 5.02 Å². The van der Waals surface area contributed by atoms with Crippen molar-refractivity contribution in [2.24, 2.45) is 17.8 Å². The largest absolute Gasteiger partial charge is 0.420 e. The van der Waals surface area contributed by atoms with E-state index < -0.39 is 17.8 Å². The minimum atomic E-state index is -0.542. The van der Waals surface area contributed by atoms with Gasteiger partial charge in [-0.05, 0) is 42.0 Å². The van der Waals surface area contributed by atoms with Gasteiger partial charge in [0.2, 0.25) is 11.8 Å². The van der Waals surface area contributed by atoms with Gasteiger partial charge in [-0.1, -0.05) is 36.7 Å². The second-order valence-corrected chi connectivity index (χ2v) is 8.03. The molecule has 1 aromatic carbocycles. The molecule has 0 saturated carbocycles. The van der Waals surface area contributed by atoms with Crippen LogP contribution in [0, 0.1) is 17.8 Å². The van der Waals surface area contributed by atoms with Crippen LogP contribution in [0.4, 0.5) is 5.69 Å². The lowest BCUT2D eigenvalue weighted by atomic mass is 9.78. The number of allylic oxidation sites excluding steroid dienone is 2. The van der Waals surface area contributed by atoms with Crippen LogP contribution in [0.3, 0.4) is 0 Å². The molecule has 2 amide bonds. The zero-order valence-electron chi connectivity index (χ0n) is 14.4. The number of hydrogen-bond acceptors (Lipinski definition) is 5. The van der Waals surface area contributed by atoms with Crippen LogP contribution in [0.1, 0.15) is 23.0 Å². The van der Waals surface area contributed by atoms with E-state index in [-0.39, 0.29) is 29.2 Å². The van der Waals surface area contributed by atoms with Crippen LogP contribution in [-0.4, -0.2) is 17.8 Å². The average molecular weight is 402 g/mol. The number of imide groups is 1. The highest BCUT2D eigenvalue weighted by atomic mass is 35.5. The maximum absolute atomic E-state index is 13.0. The predicted molar refractivity (Wildman–Crippen MR) is 103 cm³/mol. The highest BCUT2D eigenvalue weighted by molar-refractivity contribution is 7.12. The molecule has 1 fully saturated rings. The first-order chi connectivity index (χ1) is 13.0. The van der Waals surface area contributed by atoms with E-state index >= 15 is 0 Å². The molecule has 7 heteroatoms. The summed E-state index contributed by atoms with van der Waals surface area (Å²) in [5, 5.41) is 2.12. The summed E-state index contributed by atoms with van der Waals surface area (Å²) >= 11 is 7.36. The van der Waals surface area contributed by atoms with Gasteiger partial charge in [0.1, 0.15) is 4.88 Å². The first-order valence-corrected chi connectivity index (χ1v) is 9.83. The SMILES string of the molecule is C[C@@H]1C=CC[C@H]2C(=O)N(c3cc(Cl)ccc3OC(=O)c3cccs3)C(=O)[C@@H]12. The lowest BCUT2D eigenvalue weighted by Crippen LogP contribution is -2.32. The van der Waals surface area contributed by atoms with Crippen molar-refractivity contribution < 1.29 is 19.1 Å². The molecule has 0 unspecified atom stereocenters. The van der Waals surface area contributed by atoms with Gasteiger partial charge in [-0.25, -0.2) is 9.69 Å². The fraction of sp³-hybridized carbons (Fsp3) is 0.250. The Morgan fingerprint density at radius 3 is 2.78 bits per heavy atom. The van der Waals surface area contributed by atoms with Crippen molar-refractivity contribution in [3.63, 3.8) is 0 Å². The molecule has 5 nitrogen and oxygen atoms in total. The molecule has 1 saturated heterocycles. The van der Waals surface area contributed by atoms with E-state index in [0.717, 1.165) is 4.90 Å². The van der Waals surface area contributed by atoms with Gasteiger partial charge >= 0.3 is 5.97 Å². The number of benzene rings is 1. The van der Waals surface area contributed by atoms with E-state index in [2.05, 4.69) is 0 Å². The molecule has 0 N–H and O–H groups in total. The smallest absolute Gasteiger partial charge is 0.353 e. The minimum Gasteiger partial charge on any atom is -0.420 e. The highest BCUT2D eigenvalue weighted by Crippen LogP contribution is 2.43. The molecule has 0 radical (unpaired) electrons. The molecule has 1 aliphatic heterocycles. The lowest BCUT2D eigenvalue weighted by Gasteiger charge is -2.22. The molecule has 3 atom stereocenters. The number of fused-ring (bicyclic) bond motifs is 1. The highest BCUT2D eigenvalue weighted by Gasteiger charge is 2.51. The van der Waals surface area contributed by atoms with Crippen molar-refractivity contribution in [2.75, 3.05) is 4.90 Å². The Hall–Kier alpha value is -2.44. The Morgan fingerprint density at radius 2 is 2.07 bits per heavy atom. The number of rotatable bonds is 3. The Labute approximate surface area is 165 Å². The van der Waals surface area contributed by atoms with Crippen LogP contribution in [-0.2, 0) is 9.59 Å². The summed E-state index contributed by atoms with van der Waals surface area (Å²) in [7, 11) is 0. The summed E-state index contributed by atoms with van der Waals surface area (Å²) in [6.07, 6.45) is 4.43. The molecule has 0 spiro atoms. The normalized spacial score (nSPS) is 24.2. The molecule has 1 aromatic heterocycles. The summed E-state index contributed by atoms with van der Waals surface area (Å²) in [6.45, 7) is 1.93. The Morgan fingerprint density at radius 1 is 1.26 bits per heavy atom. The zero-order valence-corrected chi connectivity index (χ0v) is 16.0. The summed E-state index contributed by atoms with van der Waals surface area (Å²) < 4.78 is 5.49. The number of carbonyl (C=O) groups is 3. The maximum Gasteiger partial charge on any atom is 0.353 e. The molecular weight excluding hydrogens is 386 g/mol. The molecule has 2 heterocycles. The summed E-state index contributed by atoms with van der Waals surface area (Å²) in [5.41, 5.74) is 0.212. The van der Waals surface area contributed by atoms with E-state index in [0.29, 0.717) is 16.3 Å². The number of nitrogens with zero attached hydrogens (tertiary/aromatic N) is 1. The van der Waals surface area contributed by atoms with Crippen molar-refractivity contribution in [1.29, 1.82) is 0 Å². The number of thiophene rings is 1. The van der Waals surface area contributed by atoms with Crippen molar-refractivity contribution in [3.8, 4) is 5.75 Å². The second-order valence-electron chi connectivity index (χ2n) is 6.65. The van der Waals surface area contributed by atoms with Crippen molar-refractivity contribution in [2.45, 2.75) is 13.3 Å². The maximum atomic E-state index is 13.0. The third-order valence-electron chi connectivity index (χ3n) is 4.96.